The molecule has 25 heavy (non-hydrogen) atoms. The zero-order valence-corrected chi connectivity index (χ0v) is 14.0. The molecule has 0 aliphatic heterocycles. The average molecular weight is 337 g/mol. The first-order chi connectivity index (χ1) is 12.1. The van der Waals surface area contributed by atoms with Crippen molar-refractivity contribution in [2.75, 3.05) is 10.6 Å². The minimum Gasteiger partial charge on any atom is -0.444 e. The van der Waals surface area contributed by atoms with Crippen LogP contribution in [0.1, 0.15) is 12.5 Å². The standard InChI is InChI=1S/C11H10N2O2.C8H9NO/c1-8-4-9(13-6-14)2-3-10(8)11-5-12-7-15-11;1-7(10)9-8-5-3-2-4-6-8/h2-7H,1H3,(H,13,14);2-6H,1H3,(H,9,10). The number of benzene rings is 2. The highest BCUT2D eigenvalue weighted by atomic mass is 16.3. The smallest absolute Gasteiger partial charge is 0.221 e. The number of carbonyl (C=O) groups excluding carboxylic acids is 2. The Morgan fingerprint density at radius 3 is 2.44 bits per heavy atom. The molecular weight excluding hydrogens is 318 g/mol. The number of oxazole rings is 1. The van der Waals surface area contributed by atoms with Gasteiger partial charge in [-0.25, -0.2) is 4.98 Å². The third-order valence-corrected chi connectivity index (χ3v) is 3.24. The molecule has 2 aromatic carbocycles. The van der Waals surface area contributed by atoms with Gasteiger partial charge >= 0.3 is 0 Å². The molecule has 0 saturated heterocycles. The van der Waals surface area contributed by atoms with Crippen LogP contribution in [-0.4, -0.2) is 17.3 Å². The third-order valence-electron chi connectivity index (χ3n) is 3.24. The molecule has 2 N–H and O–H groups in total. The number of aromatic nitrogens is 1. The van der Waals surface area contributed by atoms with Crippen LogP contribution in [0.3, 0.4) is 0 Å². The maximum absolute atomic E-state index is 10.5. The molecule has 2 amide bonds. The Hall–Kier alpha value is -3.41. The minimum atomic E-state index is -0.0359. The highest BCUT2D eigenvalue weighted by Gasteiger charge is 2.05. The molecule has 0 spiro atoms. The number of nitrogens with zero attached hydrogens (tertiary/aromatic N) is 1. The van der Waals surface area contributed by atoms with Crippen molar-refractivity contribution in [1.29, 1.82) is 0 Å². The van der Waals surface area contributed by atoms with Crippen molar-refractivity contribution in [1.82, 2.24) is 4.98 Å². The summed E-state index contributed by atoms with van der Waals surface area (Å²) in [6, 6.07) is 15.0. The van der Waals surface area contributed by atoms with Gasteiger partial charge in [-0.2, -0.15) is 0 Å². The molecule has 0 saturated carbocycles. The van der Waals surface area contributed by atoms with E-state index in [0.717, 1.165) is 28.3 Å². The first kappa shape index (κ1) is 17.9. The van der Waals surface area contributed by atoms with Gasteiger partial charge in [-0.3, -0.25) is 9.59 Å². The van der Waals surface area contributed by atoms with Crippen molar-refractivity contribution >= 4 is 23.7 Å². The molecule has 0 unspecified atom stereocenters. The number of nitrogens with one attached hydrogen (secondary N) is 2. The van der Waals surface area contributed by atoms with E-state index in [2.05, 4.69) is 15.6 Å². The lowest BCUT2D eigenvalue weighted by molar-refractivity contribution is -0.114. The molecule has 0 fully saturated rings. The highest BCUT2D eigenvalue weighted by Crippen LogP contribution is 2.25. The van der Waals surface area contributed by atoms with Gasteiger partial charge in [0.2, 0.25) is 12.3 Å². The molecule has 1 aromatic heterocycles. The Morgan fingerprint density at radius 1 is 1.12 bits per heavy atom. The number of amides is 2. The Labute approximate surface area is 145 Å². The lowest BCUT2D eigenvalue weighted by Gasteiger charge is -2.04. The summed E-state index contributed by atoms with van der Waals surface area (Å²) < 4.78 is 5.20. The number of carbonyl (C=O) groups is 2. The summed E-state index contributed by atoms with van der Waals surface area (Å²) in [5, 5.41) is 5.26. The lowest BCUT2D eigenvalue weighted by atomic mass is 10.1. The maximum atomic E-state index is 10.5. The van der Waals surface area contributed by atoms with Gasteiger partial charge in [0.15, 0.2) is 12.2 Å². The van der Waals surface area contributed by atoms with Crippen LogP contribution in [0.4, 0.5) is 11.4 Å². The third kappa shape index (κ3) is 5.62. The Morgan fingerprint density at radius 2 is 1.88 bits per heavy atom. The van der Waals surface area contributed by atoms with Crippen LogP contribution in [0.25, 0.3) is 11.3 Å². The fourth-order valence-corrected chi connectivity index (χ4v) is 2.17. The quantitative estimate of drug-likeness (QED) is 0.708. The minimum absolute atomic E-state index is 0.0359. The van der Waals surface area contributed by atoms with Crippen molar-refractivity contribution in [2.24, 2.45) is 0 Å². The summed E-state index contributed by atoms with van der Waals surface area (Å²) in [7, 11) is 0. The fourth-order valence-electron chi connectivity index (χ4n) is 2.17. The second-order valence-corrected chi connectivity index (χ2v) is 5.20. The van der Waals surface area contributed by atoms with E-state index in [0.29, 0.717) is 6.41 Å². The normalized spacial score (nSPS) is 9.52. The Bertz CT molecular complexity index is 815. The second-order valence-electron chi connectivity index (χ2n) is 5.20. The maximum Gasteiger partial charge on any atom is 0.221 e. The summed E-state index contributed by atoms with van der Waals surface area (Å²) in [5.41, 5.74) is 3.61. The van der Waals surface area contributed by atoms with E-state index in [1.54, 1.807) is 6.20 Å². The Balaban J connectivity index is 0.000000196. The zero-order valence-electron chi connectivity index (χ0n) is 14.0. The van der Waals surface area contributed by atoms with Crippen LogP contribution >= 0.6 is 0 Å². The van der Waals surface area contributed by atoms with Crippen LogP contribution in [0, 0.1) is 6.92 Å². The van der Waals surface area contributed by atoms with Crippen LogP contribution in [0.15, 0.2) is 65.5 Å². The van der Waals surface area contributed by atoms with E-state index < -0.39 is 0 Å². The van der Waals surface area contributed by atoms with Crippen molar-refractivity contribution in [2.45, 2.75) is 13.8 Å². The molecule has 6 heteroatoms. The van der Waals surface area contributed by atoms with E-state index in [9.17, 15) is 9.59 Å². The first-order valence-electron chi connectivity index (χ1n) is 7.62. The molecule has 1 heterocycles. The van der Waals surface area contributed by atoms with Crippen molar-refractivity contribution in [3.8, 4) is 11.3 Å². The largest absolute Gasteiger partial charge is 0.444 e. The molecular formula is C19H19N3O3. The predicted molar refractivity (Wildman–Crippen MR) is 97.1 cm³/mol. The number of para-hydroxylation sites is 1. The summed E-state index contributed by atoms with van der Waals surface area (Å²) in [5.74, 6) is 0.691. The van der Waals surface area contributed by atoms with E-state index in [-0.39, 0.29) is 5.91 Å². The second kappa shape index (κ2) is 9.02. The SMILES string of the molecule is CC(=O)Nc1ccccc1.Cc1cc(NC=O)ccc1-c1cnco1. The summed E-state index contributed by atoms with van der Waals surface area (Å²) in [4.78, 5) is 24.6. The topological polar surface area (TPSA) is 84.2 Å². The van der Waals surface area contributed by atoms with Crippen LogP contribution in [0.5, 0.6) is 0 Å². The zero-order chi connectivity index (χ0) is 18.1. The first-order valence-corrected chi connectivity index (χ1v) is 7.62. The molecule has 0 aliphatic rings. The lowest BCUT2D eigenvalue weighted by Crippen LogP contribution is -2.04. The molecule has 0 radical (unpaired) electrons. The van der Waals surface area contributed by atoms with Gasteiger partial charge in [-0.05, 0) is 42.8 Å². The summed E-state index contributed by atoms with van der Waals surface area (Å²) in [6.07, 6.45) is 3.71. The van der Waals surface area contributed by atoms with E-state index in [4.69, 9.17) is 4.42 Å². The Kier molecular flexibility index (Phi) is 6.47. The molecule has 128 valence electrons. The summed E-state index contributed by atoms with van der Waals surface area (Å²) >= 11 is 0. The van der Waals surface area contributed by atoms with Crippen LogP contribution in [0.2, 0.25) is 0 Å². The van der Waals surface area contributed by atoms with Crippen LogP contribution < -0.4 is 10.6 Å². The van der Waals surface area contributed by atoms with Gasteiger partial charge in [0.05, 0.1) is 6.20 Å². The molecule has 0 atom stereocenters. The molecule has 3 aromatic rings. The van der Waals surface area contributed by atoms with Crippen molar-refractivity contribution in [3.05, 3.63) is 66.7 Å². The van der Waals surface area contributed by atoms with E-state index >= 15 is 0 Å². The fraction of sp³-hybridized carbons (Fsp3) is 0.105. The van der Waals surface area contributed by atoms with Crippen molar-refractivity contribution < 1.29 is 14.0 Å². The van der Waals surface area contributed by atoms with Gasteiger partial charge < -0.3 is 15.1 Å². The molecule has 3 rings (SSSR count). The molecule has 0 bridgehead atoms. The number of rotatable bonds is 4. The van der Waals surface area contributed by atoms with Gasteiger partial charge in [-0.1, -0.05) is 18.2 Å². The monoisotopic (exact) mass is 337 g/mol. The number of anilines is 2. The molecule has 0 aliphatic carbocycles. The number of hydrogen-bond acceptors (Lipinski definition) is 4. The van der Waals surface area contributed by atoms with Gasteiger partial charge in [0.25, 0.3) is 0 Å². The number of aryl methyl sites for hydroxylation is 1. The average Bonchev–Trinajstić information content (AvgIpc) is 3.10. The highest BCUT2D eigenvalue weighted by molar-refractivity contribution is 5.88. The van der Waals surface area contributed by atoms with E-state index in [1.165, 1.54) is 13.3 Å². The van der Waals surface area contributed by atoms with E-state index in [1.807, 2.05) is 55.5 Å². The predicted octanol–water partition coefficient (Wildman–Crippen LogP) is 3.86. The van der Waals surface area contributed by atoms with Crippen molar-refractivity contribution in [3.63, 3.8) is 0 Å². The summed E-state index contributed by atoms with van der Waals surface area (Å²) in [6.45, 7) is 3.45. The van der Waals surface area contributed by atoms with Crippen LogP contribution in [-0.2, 0) is 9.59 Å². The van der Waals surface area contributed by atoms with Gasteiger partial charge in [0.1, 0.15) is 0 Å². The number of hydrogen-bond donors (Lipinski definition) is 2. The van der Waals surface area contributed by atoms with Gasteiger partial charge in [0, 0.05) is 23.9 Å². The molecule has 6 nitrogen and oxygen atoms in total. The van der Waals surface area contributed by atoms with Gasteiger partial charge in [-0.15, -0.1) is 0 Å².